The third-order valence-electron chi connectivity index (χ3n) is 2.41. The predicted molar refractivity (Wildman–Crippen MR) is 71.9 cm³/mol. The topological polar surface area (TPSA) is 94.3 Å². The van der Waals surface area contributed by atoms with Crippen molar-refractivity contribution in [2.45, 2.75) is 4.90 Å². The maximum Gasteiger partial charge on any atom is 0.241 e. The molecule has 1 aromatic heterocycles. The lowest BCUT2D eigenvalue weighted by Gasteiger charge is -2.10. The number of ether oxygens (including phenoxy) is 1. The Morgan fingerprint density at radius 1 is 1.26 bits per heavy atom. The first-order chi connectivity index (χ1) is 9.00. The number of pyridine rings is 1. The van der Waals surface area contributed by atoms with Crippen molar-refractivity contribution < 1.29 is 13.2 Å². The summed E-state index contributed by atoms with van der Waals surface area (Å²) in [6.45, 7) is 0. The van der Waals surface area contributed by atoms with Crippen LogP contribution in [0.1, 0.15) is 0 Å². The van der Waals surface area contributed by atoms with E-state index in [9.17, 15) is 8.42 Å². The van der Waals surface area contributed by atoms with E-state index >= 15 is 0 Å². The Hall–Kier alpha value is -2.12. The van der Waals surface area contributed by atoms with E-state index in [-0.39, 0.29) is 10.7 Å². The molecule has 0 aliphatic rings. The Morgan fingerprint density at radius 3 is 2.74 bits per heavy atom. The van der Waals surface area contributed by atoms with Crippen molar-refractivity contribution in [3.63, 3.8) is 0 Å². The number of hydrogen-bond acceptors (Lipinski definition) is 5. The quantitative estimate of drug-likeness (QED) is 0.884. The number of sulfonamides is 1. The van der Waals surface area contributed by atoms with Crippen LogP contribution in [0.2, 0.25) is 0 Å². The highest BCUT2D eigenvalue weighted by atomic mass is 32.2. The number of nitrogens with two attached hydrogens (primary N) is 1. The van der Waals surface area contributed by atoms with Gasteiger partial charge in [0.25, 0.3) is 0 Å². The molecule has 0 unspecified atom stereocenters. The Kier molecular flexibility index (Phi) is 3.68. The molecule has 0 fully saturated rings. The predicted octanol–water partition coefficient (Wildman–Crippen LogP) is 1.48. The van der Waals surface area contributed by atoms with Gasteiger partial charge in [-0.1, -0.05) is 6.07 Å². The van der Waals surface area contributed by atoms with Crippen LogP contribution in [-0.4, -0.2) is 20.5 Å². The summed E-state index contributed by atoms with van der Waals surface area (Å²) < 4.78 is 28.0. The molecule has 0 saturated carbocycles. The molecular formula is C12H13N3O3S. The Bertz CT molecular complexity index is 686. The van der Waals surface area contributed by atoms with Crippen LogP contribution in [0.15, 0.2) is 47.5 Å². The van der Waals surface area contributed by atoms with Gasteiger partial charge in [-0.15, -0.1) is 0 Å². The van der Waals surface area contributed by atoms with Crippen molar-refractivity contribution in [3.8, 4) is 5.75 Å². The Labute approximate surface area is 111 Å². The largest absolute Gasteiger partial charge is 0.497 e. The fourth-order valence-electron chi connectivity index (χ4n) is 1.55. The van der Waals surface area contributed by atoms with Crippen molar-refractivity contribution in [3.05, 3.63) is 42.6 Å². The van der Waals surface area contributed by atoms with E-state index in [0.29, 0.717) is 11.4 Å². The van der Waals surface area contributed by atoms with E-state index in [1.165, 1.54) is 18.3 Å². The van der Waals surface area contributed by atoms with Gasteiger partial charge in [-0.25, -0.2) is 18.5 Å². The number of methoxy groups -OCH3 is 1. The summed E-state index contributed by atoms with van der Waals surface area (Å²) in [5, 5.41) is 8.04. The molecule has 3 N–H and O–H groups in total. The maximum atomic E-state index is 11.4. The van der Waals surface area contributed by atoms with Gasteiger partial charge in [0, 0.05) is 18.0 Å². The fourth-order valence-corrected chi connectivity index (χ4v) is 2.19. The van der Waals surface area contributed by atoms with Gasteiger partial charge in [-0.05, 0) is 24.3 Å². The van der Waals surface area contributed by atoms with Gasteiger partial charge in [0.1, 0.15) is 10.6 Å². The lowest BCUT2D eigenvalue weighted by molar-refractivity contribution is 0.415. The van der Waals surface area contributed by atoms with Gasteiger partial charge in [-0.2, -0.15) is 0 Å². The SMILES string of the molecule is COc1cccc(Nc2ncccc2S(N)(=O)=O)c1. The van der Waals surface area contributed by atoms with Gasteiger partial charge < -0.3 is 10.1 Å². The number of benzene rings is 1. The first kappa shape index (κ1) is 13.3. The molecular weight excluding hydrogens is 266 g/mol. The summed E-state index contributed by atoms with van der Waals surface area (Å²) in [7, 11) is -2.27. The van der Waals surface area contributed by atoms with Crippen LogP contribution in [-0.2, 0) is 10.0 Å². The van der Waals surface area contributed by atoms with E-state index in [1.807, 2.05) is 0 Å². The standard InChI is InChI=1S/C12H13N3O3S/c1-18-10-5-2-4-9(8-10)15-12-11(19(13,16)17)6-3-7-14-12/h2-8H,1H3,(H,14,15)(H2,13,16,17). The van der Waals surface area contributed by atoms with Gasteiger partial charge in [0.15, 0.2) is 5.82 Å². The number of rotatable bonds is 4. The molecule has 0 radical (unpaired) electrons. The lowest BCUT2D eigenvalue weighted by atomic mass is 10.3. The zero-order valence-electron chi connectivity index (χ0n) is 10.2. The van der Waals surface area contributed by atoms with Crippen molar-refractivity contribution in [2.24, 2.45) is 5.14 Å². The molecule has 0 spiro atoms. The number of nitrogens with one attached hydrogen (secondary N) is 1. The third kappa shape index (κ3) is 3.21. The number of aromatic nitrogens is 1. The monoisotopic (exact) mass is 279 g/mol. The van der Waals surface area contributed by atoms with Crippen LogP contribution < -0.4 is 15.2 Å². The summed E-state index contributed by atoms with van der Waals surface area (Å²) in [5.41, 5.74) is 0.656. The molecule has 2 aromatic rings. The molecule has 7 heteroatoms. The highest BCUT2D eigenvalue weighted by Gasteiger charge is 2.14. The number of anilines is 2. The minimum Gasteiger partial charge on any atom is -0.497 e. The molecule has 0 saturated heterocycles. The smallest absolute Gasteiger partial charge is 0.241 e. The molecule has 1 aromatic carbocycles. The highest BCUT2D eigenvalue weighted by molar-refractivity contribution is 7.89. The first-order valence-corrected chi connectivity index (χ1v) is 6.94. The number of nitrogens with zero attached hydrogens (tertiary/aromatic N) is 1. The summed E-state index contributed by atoms with van der Waals surface area (Å²) in [6.07, 6.45) is 1.48. The second-order valence-electron chi connectivity index (χ2n) is 3.75. The molecule has 0 aliphatic heterocycles. The van der Waals surface area contributed by atoms with Crippen LogP contribution in [0.3, 0.4) is 0 Å². The average Bonchev–Trinajstić information content (AvgIpc) is 2.38. The van der Waals surface area contributed by atoms with E-state index in [2.05, 4.69) is 10.3 Å². The third-order valence-corrected chi connectivity index (χ3v) is 3.35. The van der Waals surface area contributed by atoms with E-state index in [4.69, 9.17) is 9.88 Å². The summed E-state index contributed by atoms with van der Waals surface area (Å²) in [6, 6.07) is 9.96. The number of primary sulfonamides is 1. The Balaban J connectivity index is 2.38. The van der Waals surface area contributed by atoms with Crippen LogP contribution >= 0.6 is 0 Å². The molecule has 0 bridgehead atoms. The minimum atomic E-state index is -3.83. The molecule has 0 amide bonds. The van der Waals surface area contributed by atoms with E-state index in [0.717, 1.165) is 0 Å². The first-order valence-electron chi connectivity index (χ1n) is 5.39. The minimum absolute atomic E-state index is 0.0576. The van der Waals surface area contributed by atoms with Crippen LogP contribution in [0.5, 0.6) is 5.75 Å². The molecule has 6 nitrogen and oxygen atoms in total. The van der Waals surface area contributed by atoms with Gasteiger partial charge in [-0.3, -0.25) is 0 Å². The van der Waals surface area contributed by atoms with E-state index in [1.54, 1.807) is 31.4 Å². The average molecular weight is 279 g/mol. The highest BCUT2D eigenvalue weighted by Crippen LogP contribution is 2.23. The lowest BCUT2D eigenvalue weighted by Crippen LogP contribution is -2.14. The molecule has 100 valence electrons. The van der Waals surface area contributed by atoms with Crippen LogP contribution in [0, 0.1) is 0 Å². The van der Waals surface area contributed by atoms with Crippen LogP contribution in [0.25, 0.3) is 0 Å². The van der Waals surface area contributed by atoms with Gasteiger partial charge in [0.2, 0.25) is 10.0 Å². The maximum absolute atomic E-state index is 11.4. The zero-order chi connectivity index (χ0) is 13.9. The molecule has 19 heavy (non-hydrogen) atoms. The second-order valence-corrected chi connectivity index (χ2v) is 5.28. The van der Waals surface area contributed by atoms with Crippen molar-refractivity contribution in [1.82, 2.24) is 4.98 Å². The van der Waals surface area contributed by atoms with Gasteiger partial charge >= 0.3 is 0 Å². The molecule has 0 aliphatic carbocycles. The van der Waals surface area contributed by atoms with Gasteiger partial charge in [0.05, 0.1) is 7.11 Å². The summed E-state index contributed by atoms with van der Waals surface area (Å²) in [4.78, 5) is 3.93. The Morgan fingerprint density at radius 2 is 2.05 bits per heavy atom. The van der Waals surface area contributed by atoms with Crippen molar-refractivity contribution in [2.75, 3.05) is 12.4 Å². The normalized spacial score (nSPS) is 11.1. The van der Waals surface area contributed by atoms with Crippen molar-refractivity contribution >= 4 is 21.5 Å². The summed E-state index contributed by atoms with van der Waals surface area (Å²) in [5.74, 6) is 0.830. The second kappa shape index (κ2) is 5.25. The number of hydrogen-bond donors (Lipinski definition) is 2. The molecule has 1 heterocycles. The van der Waals surface area contributed by atoms with Crippen molar-refractivity contribution in [1.29, 1.82) is 0 Å². The van der Waals surface area contributed by atoms with E-state index < -0.39 is 10.0 Å². The van der Waals surface area contributed by atoms with Crippen LogP contribution in [0.4, 0.5) is 11.5 Å². The summed E-state index contributed by atoms with van der Waals surface area (Å²) >= 11 is 0. The fraction of sp³-hybridized carbons (Fsp3) is 0.0833. The molecule has 2 rings (SSSR count). The zero-order valence-corrected chi connectivity index (χ0v) is 11.0. The molecule has 0 atom stereocenters.